The number of carbonyl (C=O) groups is 5. The lowest BCUT2D eigenvalue weighted by atomic mass is 9.85. The maximum Gasteiger partial charge on any atom is 0.408 e. The normalized spacial score (nSPS) is 20.5. The highest BCUT2D eigenvalue weighted by molar-refractivity contribution is 7.13. The van der Waals surface area contributed by atoms with E-state index >= 15 is 0 Å². The summed E-state index contributed by atoms with van der Waals surface area (Å²) in [5, 5.41) is 18.5. The zero-order valence-electron chi connectivity index (χ0n) is 33.4. The molecule has 1 aliphatic carbocycles. The predicted molar refractivity (Wildman–Crippen MR) is 218 cm³/mol. The van der Waals surface area contributed by atoms with Gasteiger partial charge in [0.2, 0.25) is 17.7 Å². The molecule has 5 amide bonds. The van der Waals surface area contributed by atoms with Gasteiger partial charge in [0.1, 0.15) is 35.0 Å². The monoisotopic (exact) mass is 826 g/mol. The van der Waals surface area contributed by atoms with Crippen LogP contribution in [-0.2, 0) is 19.1 Å². The zero-order chi connectivity index (χ0) is 42.9. The highest BCUT2D eigenvalue weighted by atomic mass is 32.1. The smallest absolute Gasteiger partial charge is 0.408 e. The topological polar surface area (TPSA) is 224 Å². The van der Waals surface area contributed by atoms with Crippen molar-refractivity contribution in [1.82, 2.24) is 36.4 Å². The molecular formula is C41H46N8O9S. The summed E-state index contributed by atoms with van der Waals surface area (Å²) in [5.41, 5.74) is 2.96. The van der Waals surface area contributed by atoms with Crippen LogP contribution in [0.5, 0.6) is 5.88 Å². The molecule has 18 heteroatoms. The van der Waals surface area contributed by atoms with Crippen LogP contribution in [0.25, 0.3) is 21.6 Å². The molecule has 0 spiro atoms. The third-order valence-electron chi connectivity index (χ3n) is 9.87. The van der Waals surface area contributed by atoms with Crippen molar-refractivity contribution in [3.05, 3.63) is 94.4 Å². The Bertz CT molecular complexity index is 2290. The molecule has 5 atom stereocenters. The number of carbonyl (C=O) groups excluding carboxylic acids is 5. The second kappa shape index (κ2) is 16.4. The average Bonchev–Trinajstić information content (AvgIpc) is 3.46. The van der Waals surface area contributed by atoms with Crippen LogP contribution in [0, 0.1) is 21.4 Å². The van der Waals surface area contributed by atoms with E-state index in [9.17, 15) is 34.1 Å². The van der Waals surface area contributed by atoms with Crippen molar-refractivity contribution in [3.8, 4) is 16.5 Å². The molecule has 0 unspecified atom stereocenters. The maximum atomic E-state index is 14.7. The molecular weight excluding hydrogens is 781 g/mol. The molecule has 59 heavy (non-hydrogen) atoms. The Kier molecular flexibility index (Phi) is 11.8. The first-order valence-electron chi connectivity index (χ1n) is 18.9. The van der Waals surface area contributed by atoms with E-state index in [1.807, 2.05) is 35.7 Å². The fourth-order valence-electron chi connectivity index (χ4n) is 6.78. The van der Waals surface area contributed by atoms with Gasteiger partial charge in [-0.3, -0.25) is 40.1 Å². The first kappa shape index (κ1) is 42.2. The number of fused-ring (bicyclic) bond motifs is 1. The molecule has 4 aromatic rings. The molecule has 310 valence electrons. The fourth-order valence-corrected chi connectivity index (χ4v) is 7.49. The third-order valence-corrected chi connectivity index (χ3v) is 10.8. The number of nitro groups is 1. The van der Waals surface area contributed by atoms with Crippen LogP contribution in [0.15, 0.2) is 78.7 Å². The number of nitrogens with one attached hydrogen (secondary N) is 4. The molecule has 0 radical (unpaired) electrons. The van der Waals surface area contributed by atoms with Gasteiger partial charge in [-0.1, -0.05) is 45.0 Å². The Morgan fingerprint density at radius 3 is 2.24 bits per heavy atom. The first-order valence-corrected chi connectivity index (χ1v) is 19.7. The minimum Gasteiger partial charge on any atom is -0.471 e. The lowest BCUT2D eigenvalue weighted by Gasteiger charge is -2.36. The van der Waals surface area contributed by atoms with Gasteiger partial charge in [0.25, 0.3) is 17.5 Å². The predicted octanol–water partition coefficient (Wildman–Crippen LogP) is 5.08. The van der Waals surface area contributed by atoms with Gasteiger partial charge >= 0.3 is 6.09 Å². The second-order valence-corrected chi connectivity index (χ2v) is 17.4. The van der Waals surface area contributed by atoms with Crippen LogP contribution in [0.3, 0.4) is 0 Å². The van der Waals surface area contributed by atoms with Crippen LogP contribution in [0.2, 0.25) is 0 Å². The zero-order valence-corrected chi connectivity index (χ0v) is 34.3. The molecule has 1 saturated heterocycles. The number of likely N-dealkylation sites (tertiary alicyclic amines) is 1. The van der Waals surface area contributed by atoms with Gasteiger partial charge in [-0.05, 0) is 68.3 Å². The highest BCUT2D eigenvalue weighted by Crippen LogP contribution is 2.45. The summed E-state index contributed by atoms with van der Waals surface area (Å²) in [7, 11) is 0. The number of hydrogen-bond donors (Lipinski definition) is 4. The van der Waals surface area contributed by atoms with E-state index in [4.69, 9.17) is 19.4 Å². The number of nitrogens with zero attached hydrogens (tertiary/aromatic N) is 4. The molecule has 2 aliphatic rings. The lowest BCUT2D eigenvalue weighted by Crippen LogP contribution is -2.61. The van der Waals surface area contributed by atoms with Crippen LogP contribution in [0.1, 0.15) is 64.7 Å². The van der Waals surface area contributed by atoms with Crippen molar-refractivity contribution in [2.24, 2.45) is 11.3 Å². The fraction of sp³-hybridized carbons (Fsp3) is 0.390. The van der Waals surface area contributed by atoms with Crippen LogP contribution in [-0.4, -0.2) is 85.4 Å². The number of thiophene rings is 1. The summed E-state index contributed by atoms with van der Waals surface area (Å²) in [6.07, 6.45) is 0.0260. The number of nitro benzene ring substituents is 1. The van der Waals surface area contributed by atoms with Gasteiger partial charge in [0, 0.05) is 30.0 Å². The van der Waals surface area contributed by atoms with Crippen LogP contribution >= 0.6 is 11.3 Å². The molecule has 3 heterocycles. The van der Waals surface area contributed by atoms with Crippen LogP contribution < -0.4 is 26.2 Å². The van der Waals surface area contributed by atoms with E-state index in [1.165, 1.54) is 34.4 Å². The Balaban J connectivity index is 1.28. The van der Waals surface area contributed by atoms with E-state index in [0.717, 1.165) is 17.0 Å². The van der Waals surface area contributed by atoms with E-state index in [1.54, 1.807) is 47.6 Å². The van der Waals surface area contributed by atoms with Crippen molar-refractivity contribution < 1.29 is 38.4 Å². The Hall–Kier alpha value is -6.43. The Labute approximate surface area is 344 Å². The SMILES string of the molecule is C=C[C@@H]1C[C@@]1(NC(=O)[C@@H]1C[C@@H](Oc2nc3ccccc3nc2-c2cccs2)CN1C(=O)[C@@H](NC(=O)OC(C)(C)C)C(C)(C)C)C(=O)NNC(=O)c1ccc([N+](=O)[O-])cc1. The quantitative estimate of drug-likeness (QED) is 0.0887. The van der Waals surface area contributed by atoms with E-state index in [0.29, 0.717) is 16.7 Å². The van der Waals surface area contributed by atoms with E-state index in [-0.39, 0.29) is 36.5 Å². The minimum atomic E-state index is -1.54. The van der Waals surface area contributed by atoms with Gasteiger partial charge < -0.3 is 25.0 Å². The molecule has 0 bridgehead atoms. The van der Waals surface area contributed by atoms with Gasteiger partial charge in [-0.2, -0.15) is 0 Å². The molecule has 2 aromatic heterocycles. The first-order chi connectivity index (χ1) is 27.8. The second-order valence-electron chi connectivity index (χ2n) is 16.5. The van der Waals surface area contributed by atoms with Crippen molar-refractivity contribution in [1.29, 1.82) is 0 Å². The number of aromatic nitrogens is 2. The molecule has 4 N–H and O–H groups in total. The number of hydrazine groups is 1. The summed E-state index contributed by atoms with van der Waals surface area (Å²) in [6, 6.07) is 13.5. The molecule has 2 fully saturated rings. The molecule has 17 nitrogen and oxygen atoms in total. The van der Waals surface area contributed by atoms with Crippen molar-refractivity contribution in [2.75, 3.05) is 6.54 Å². The average molecular weight is 827 g/mol. The maximum absolute atomic E-state index is 14.7. The Morgan fingerprint density at radius 1 is 0.983 bits per heavy atom. The number of benzene rings is 2. The summed E-state index contributed by atoms with van der Waals surface area (Å²) >= 11 is 1.45. The summed E-state index contributed by atoms with van der Waals surface area (Å²) < 4.78 is 12.0. The number of para-hydroxylation sites is 2. The minimum absolute atomic E-state index is 0.0212. The van der Waals surface area contributed by atoms with E-state index in [2.05, 4.69) is 28.1 Å². The lowest BCUT2D eigenvalue weighted by molar-refractivity contribution is -0.384. The summed E-state index contributed by atoms with van der Waals surface area (Å²) in [4.78, 5) is 90.9. The molecule has 6 rings (SSSR count). The van der Waals surface area contributed by atoms with Crippen LogP contribution in [0.4, 0.5) is 10.5 Å². The largest absolute Gasteiger partial charge is 0.471 e. The van der Waals surface area contributed by atoms with Gasteiger partial charge in [-0.15, -0.1) is 17.9 Å². The van der Waals surface area contributed by atoms with Gasteiger partial charge in [0.05, 0.1) is 27.4 Å². The molecule has 2 aromatic carbocycles. The summed E-state index contributed by atoms with van der Waals surface area (Å²) in [6.45, 7) is 14.1. The molecule has 1 saturated carbocycles. The van der Waals surface area contributed by atoms with Crippen molar-refractivity contribution in [3.63, 3.8) is 0 Å². The number of alkyl carbamates (subject to hydrolysis) is 1. The van der Waals surface area contributed by atoms with E-state index < -0.39 is 75.3 Å². The van der Waals surface area contributed by atoms with Gasteiger partial charge in [-0.25, -0.2) is 14.8 Å². The third kappa shape index (κ3) is 9.49. The Morgan fingerprint density at radius 2 is 1.66 bits per heavy atom. The summed E-state index contributed by atoms with van der Waals surface area (Å²) in [5.74, 6) is -3.08. The van der Waals surface area contributed by atoms with Crippen molar-refractivity contribution >= 4 is 57.8 Å². The number of rotatable bonds is 11. The highest BCUT2D eigenvalue weighted by Gasteiger charge is 2.61. The standard InChI is InChI=1S/C41H46N8O9S/c1-8-24-21-41(24,37(53)47-46-33(50)23-15-17-25(18-16-23)49(55)56)45-34(51)29-20-26(22-48(29)36(52)32(39(2,3)4)44-38(54)58-40(5,6)7)57-35-31(30-14-11-19-59-30)42-27-12-9-10-13-28(27)43-35/h8-19,24,26,29,32H,1,20-22H2,2-7H3,(H,44,54)(H,45,51)(H,46,50)(H,47,53)/t24-,26-,29+,32-,41+/m1/s1. The number of non-ortho nitro benzene ring substituents is 1. The molecule has 1 aliphatic heterocycles. The number of amides is 5. The van der Waals surface area contributed by atoms with Crippen molar-refractivity contribution in [2.45, 2.75) is 83.7 Å². The van der Waals surface area contributed by atoms with Gasteiger partial charge in [0.15, 0.2) is 0 Å². The number of hydrogen-bond acceptors (Lipinski definition) is 12. The number of ether oxygens (including phenoxy) is 2.